The van der Waals surface area contributed by atoms with E-state index in [1.807, 2.05) is 0 Å². The smallest absolute Gasteiger partial charge is 0.198 e. The van der Waals surface area contributed by atoms with Crippen molar-refractivity contribution in [1.82, 2.24) is 0 Å². The van der Waals surface area contributed by atoms with E-state index >= 15 is 0 Å². The van der Waals surface area contributed by atoms with E-state index in [-0.39, 0.29) is 16.8 Å². The average Bonchev–Trinajstić information content (AvgIpc) is 2.31. The summed E-state index contributed by atoms with van der Waals surface area (Å²) in [5.74, 6) is -1.06. The van der Waals surface area contributed by atoms with Crippen molar-refractivity contribution in [3.63, 3.8) is 0 Å². The van der Waals surface area contributed by atoms with Gasteiger partial charge in [0.2, 0.25) is 0 Å². The van der Waals surface area contributed by atoms with E-state index in [2.05, 4.69) is 15.9 Å². The number of benzene rings is 2. The summed E-state index contributed by atoms with van der Waals surface area (Å²) in [6, 6.07) is 8.67. The van der Waals surface area contributed by atoms with Gasteiger partial charge in [0.05, 0.1) is 5.56 Å². The first-order valence-electron chi connectivity index (χ1n) is 5.04. The van der Waals surface area contributed by atoms with Gasteiger partial charge in [-0.1, -0.05) is 27.5 Å². The van der Waals surface area contributed by atoms with Crippen LogP contribution in [0.2, 0.25) is 5.02 Å². The highest BCUT2D eigenvalue weighted by Gasteiger charge is 2.16. The number of nitrogen functional groups attached to an aromatic ring is 1. The summed E-state index contributed by atoms with van der Waals surface area (Å²) < 4.78 is 14.2. The van der Waals surface area contributed by atoms with E-state index in [9.17, 15) is 9.18 Å². The maximum atomic E-state index is 13.6. The molecule has 2 rings (SSSR count). The summed E-state index contributed by atoms with van der Waals surface area (Å²) in [6.07, 6.45) is 0. The van der Waals surface area contributed by atoms with Crippen LogP contribution in [0, 0.1) is 5.82 Å². The first kappa shape index (κ1) is 13.1. The van der Waals surface area contributed by atoms with Gasteiger partial charge in [-0.15, -0.1) is 0 Å². The molecule has 0 saturated heterocycles. The topological polar surface area (TPSA) is 43.1 Å². The third kappa shape index (κ3) is 2.54. The standard InChI is InChI=1S/C13H8BrClFNO/c14-7-1-4-11(16)10(5-7)13(18)9-3-2-8(15)6-12(9)17/h1-6H,17H2. The number of halogens is 3. The summed E-state index contributed by atoms with van der Waals surface area (Å²) in [7, 11) is 0. The molecule has 2 nitrogen and oxygen atoms in total. The van der Waals surface area contributed by atoms with Crippen LogP contribution < -0.4 is 5.73 Å². The molecule has 0 aliphatic carbocycles. The van der Waals surface area contributed by atoms with Gasteiger partial charge in [0.15, 0.2) is 5.78 Å². The minimum atomic E-state index is -0.586. The molecule has 2 aromatic rings. The Kier molecular flexibility index (Phi) is 3.68. The second-order valence-electron chi connectivity index (χ2n) is 3.68. The van der Waals surface area contributed by atoms with Gasteiger partial charge in [-0.25, -0.2) is 4.39 Å². The molecule has 5 heteroatoms. The maximum absolute atomic E-state index is 13.6. The van der Waals surface area contributed by atoms with Crippen molar-refractivity contribution in [1.29, 1.82) is 0 Å². The van der Waals surface area contributed by atoms with Crippen LogP contribution in [0.15, 0.2) is 40.9 Å². The fraction of sp³-hybridized carbons (Fsp3) is 0. The third-order valence-electron chi connectivity index (χ3n) is 2.43. The Morgan fingerprint density at radius 2 is 1.89 bits per heavy atom. The van der Waals surface area contributed by atoms with Crippen LogP contribution in [0.25, 0.3) is 0 Å². The van der Waals surface area contributed by atoms with Crippen LogP contribution in [0.4, 0.5) is 10.1 Å². The van der Waals surface area contributed by atoms with E-state index in [0.29, 0.717) is 9.50 Å². The van der Waals surface area contributed by atoms with Gasteiger partial charge >= 0.3 is 0 Å². The fourth-order valence-corrected chi connectivity index (χ4v) is 2.10. The summed E-state index contributed by atoms with van der Waals surface area (Å²) >= 11 is 8.95. The lowest BCUT2D eigenvalue weighted by molar-refractivity contribution is 0.103. The number of nitrogens with two attached hydrogens (primary N) is 1. The van der Waals surface area contributed by atoms with Crippen LogP contribution >= 0.6 is 27.5 Å². The Labute approximate surface area is 117 Å². The van der Waals surface area contributed by atoms with Gasteiger partial charge in [-0.05, 0) is 36.4 Å². The Morgan fingerprint density at radius 1 is 1.17 bits per heavy atom. The van der Waals surface area contributed by atoms with Crippen molar-refractivity contribution >= 4 is 39.0 Å². The van der Waals surface area contributed by atoms with Crippen molar-refractivity contribution in [3.05, 3.63) is 62.8 Å². The number of carbonyl (C=O) groups is 1. The third-order valence-corrected chi connectivity index (χ3v) is 3.16. The predicted octanol–water partition coefficient (Wildman–Crippen LogP) is 4.05. The van der Waals surface area contributed by atoms with Gasteiger partial charge in [0.25, 0.3) is 0 Å². The van der Waals surface area contributed by atoms with E-state index in [1.165, 1.54) is 30.3 Å². The lowest BCUT2D eigenvalue weighted by Crippen LogP contribution is -2.07. The predicted molar refractivity (Wildman–Crippen MR) is 73.4 cm³/mol. The monoisotopic (exact) mass is 327 g/mol. The molecule has 0 unspecified atom stereocenters. The van der Waals surface area contributed by atoms with Gasteiger partial charge < -0.3 is 5.73 Å². The molecule has 0 heterocycles. The molecule has 0 spiro atoms. The molecular formula is C13H8BrClFNO. The highest BCUT2D eigenvalue weighted by Crippen LogP contribution is 2.24. The normalized spacial score (nSPS) is 10.4. The molecule has 2 N–H and O–H groups in total. The molecule has 0 radical (unpaired) electrons. The van der Waals surface area contributed by atoms with Gasteiger partial charge in [0, 0.05) is 20.7 Å². The molecule has 0 saturated carbocycles. The fourth-order valence-electron chi connectivity index (χ4n) is 1.56. The molecular weight excluding hydrogens is 321 g/mol. The molecule has 0 aliphatic heterocycles. The largest absolute Gasteiger partial charge is 0.398 e. The van der Waals surface area contributed by atoms with Crippen LogP contribution in [0.5, 0.6) is 0 Å². The van der Waals surface area contributed by atoms with Gasteiger partial charge in [-0.2, -0.15) is 0 Å². The summed E-state index contributed by atoms with van der Waals surface area (Å²) in [4.78, 5) is 12.2. The van der Waals surface area contributed by atoms with E-state index < -0.39 is 11.6 Å². The lowest BCUT2D eigenvalue weighted by Gasteiger charge is -2.06. The molecule has 0 amide bonds. The highest BCUT2D eigenvalue weighted by molar-refractivity contribution is 9.10. The Balaban J connectivity index is 2.51. The number of carbonyl (C=O) groups excluding carboxylic acids is 1. The Morgan fingerprint density at radius 3 is 2.56 bits per heavy atom. The van der Waals surface area contributed by atoms with Crippen molar-refractivity contribution in [2.75, 3.05) is 5.73 Å². The number of hydrogen-bond acceptors (Lipinski definition) is 2. The zero-order valence-corrected chi connectivity index (χ0v) is 11.4. The molecule has 0 aromatic heterocycles. The molecule has 2 aromatic carbocycles. The minimum Gasteiger partial charge on any atom is -0.398 e. The number of anilines is 1. The molecule has 18 heavy (non-hydrogen) atoms. The van der Waals surface area contributed by atoms with Crippen LogP contribution in [-0.4, -0.2) is 5.78 Å². The van der Waals surface area contributed by atoms with E-state index in [1.54, 1.807) is 6.07 Å². The summed E-state index contributed by atoms with van der Waals surface area (Å²) in [5.41, 5.74) is 6.14. The first-order valence-corrected chi connectivity index (χ1v) is 6.21. The number of ketones is 1. The van der Waals surface area contributed by atoms with Crippen LogP contribution in [-0.2, 0) is 0 Å². The Hall–Kier alpha value is -1.39. The number of rotatable bonds is 2. The van der Waals surface area contributed by atoms with Crippen molar-refractivity contribution in [2.45, 2.75) is 0 Å². The average molecular weight is 329 g/mol. The highest BCUT2D eigenvalue weighted by atomic mass is 79.9. The number of hydrogen-bond donors (Lipinski definition) is 1. The maximum Gasteiger partial charge on any atom is 0.198 e. The SMILES string of the molecule is Nc1cc(Cl)ccc1C(=O)c1cc(Br)ccc1F. The zero-order valence-electron chi connectivity index (χ0n) is 9.08. The second kappa shape index (κ2) is 5.08. The van der Waals surface area contributed by atoms with Gasteiger partial charge in [0.1, 0.15) is 5.82 Å². The molecule has 0 aliphatic rings. The zero-order chi connectivity index (χ0) is 13.3. The van der Waals surface area contributed by atoms with Crippen molar-refractivity contribution in [3.8, 4) is 0 Å². The molecule has 0 atom stereocenters. The van der Waals surface area contributed by atoms with Crippen LogP contribution in [0.1, 0.15) is 15.9 Å². The summed E-state index contributed by atoms with van der Waals surface area (Å²) in [6.45, 7) is 0. The van der Waals surface area contributed by atoms with Gasteiger partial charge in [-0.3, -0.25) is 4.79 Å². The molecule has 0 fully saturated rings. The van der Waals surface area contributed by atoms with E-state index in [4.69, 9.17) is 17.3 Å². The lowest BCUT2D eigenvalue weighted by atomic mass is 10.0. The molecule has 0 bridgehead atoms. The quantitative estimate of drug-likeness (QED) is 0.667. The Bertz CT molecular complexity index is 630. The second-order valence-corrected chi connectivity index (χ2v) is 5.04. The van der Waals surface area contributed by atoms with E-state index in [0.717, 1.165) is 0 Å². The summed E-state index contributed by atoms with van der Waals surface area (Å²) in [5, 5.41) is 0.429. The first-order chi connectivity index (χ1) is 8.49. The van der Waals surface area contributed by atoms with Crippen molar-refractivity contribution < 1.29 is 9.18 Å². The van der Waals surface area contributed by atoms with Crippen molar-refractivity contribution in [2.24, 2.45) is 0 Å². The van der Waals surface area contributed by atoms with Crippen LogP contribution in [0.3, 0.4) is 0 Å². The minimum absolute atomic E-state index is 0.0293. The molecule has 92 valence electrons.